The molecule has 0 atom stereocenters. The summed E-state index contributed by atoms with van der Waals surface area (Å²) in [4.78, 5) is 22.8. The van der Waals surface area contributed by atoms with Gasteiger partial charge in [-0.15, -0.1) is 11.3 Å². The normalized spacial score (nSPS) is 10.3. The highest BCUT2D eigenvalue weighted by Gasteiger charge is 2.13. The average molecular weight is 278 g/mol. The maximum atomic E-state index is 11.8. The van der Waals surface area contributed by atoms with Crippen molar-refractivity contribution in [2.24, 2.45) is 0 Å². The number of thiophene rings is 1. The van der Waals surface area contributed by atoms with Gasteiger partial charge in [0.15, 0.2) is 11.5 Å². The Morgan fingerprint density at radius 1 is 1.47 bits per heavy atom. The van der Waals surface area contributed by atoms with Crippen LogP contribution in [-0.2, 0) is 4.79 Å². The molecule has 2 aromatic rings. The molecule has 0 aromatic carbocycles. The molecule has 0 saturated heterocycles. The lowest BCUT2D eigenvalue weighted by Crippen LogP contribution is -2.24. The lowest BCUT2D eigenvalue weighted by molar-refractivity contribution is -0.107. The Balaban J connectivity index is 1.84. The van der Waals surface area contributed by atoms with Crippen LogP contribution in [-0.4, -0.2) is 23.9 Å². The van der Waals surface area contributed by atoms with Crippen LogP contribution in [0.1, 0.15) is 29.8 Å². The summed E-state index contributed by atoms with van der Waals surface area (Å²) in [7, 11) is 0. The predicted molar refractivity (Wildman–Crippen MR) is 72.1 cm³/mol. The van der Waals surface area contributed by atoms with Crippen molar-refractivity contribution < 1.29 is 14.1 Å². The zero-order chi connectivity index (χ0) is 13.5. The first-order valence-corrected chi connectivity index (χ1v) is 6.91. The zero-order valence-electron chi connectivity index (χ0n) is 10.3. The molecular formula is C13H14N2O3S. The molecular weight excluding hydrogens is 264 g/mol. The predicted octanol–water partition coefficient (Wildman–Crippen LogP) is 2.50. The minimum Gasteiger partial charge on any atom is -0.355 e. The molecule has 1 amide bonds. The molecule has 0 fully saturated rings. The minimum atomic E-state index is -0.252. The van der Waals surface area contributed by atoms with E-state index in [9.17, 15) is 9.59 Å². The number of carbonyl (C=O) groups excluding carboxylic acids is 2. The van der Waals surface area contributed by atoms with E-state index in [1.807, 2.05) is 17.5 Å². The molecule has 0 aliphatic rings. The van der Waals surface area contributed by atoms with E-state index in [4.69, 9.17) is 4.52 Å². The molecule has 0 bridgehead atoms. The van der Waals surface area contributed by atoms with Crippen LogP contribution >= 0.6 is 11.3 Å². The van der Waals surface area contributed by atoms with Crippen LogP contribution in [0.25, 0.3) is 10.6 Å². The molecule has 0 aliphatic heterocycles. The van der Waals surface area contributed by atoms with Crippen LogP contribution in [0, 0.1) is 0 Å². The highest BCUT2D eigenvalue weighted by molar-refractivity contribution is 7.13. The first-order chi connectivity index (χ1) is 9.31. The van der Waals surface area contributed by atoms with Gasteiger partial charge in [-0.3, -0.25) is 4.79 Å². The molecule has 0 saturated carbocycles. The Kier molecular flexibility index (Phi) is 4.85. The third-order valence-corrected chi connectivity index (χ3v) is 3.43. The standard InChI is InChI=1S/C13H14N2O3S/c16-7-3-1-2-6-14-13(17)10-9-11(18-15-10)12-5-4-8-19-12/h4-5,7-9H,1-3,6H2,(H,14,17). The summed E-state index contributed by atoms with van der Waals surface area (Å²) in [6.07, 6.45) is 2.97. The van der Waals surface area contributed by atoms with Crippen molar-refractivity contribution in [2.75, 3.05) is 6.54 Å². The van der Waals surface area contributed by atoms with Crippen molar-refractivity contribution in [3.63, 3.8) is 0 Å². The molecule has 0 spiro atoms. The fourth-order valence-corrected chi connectivity index (χ4v) is 2.24. The largest absolute Gasteiger partial charge is 0.355 e. The molecule has 19 heavy (non-hydrogen) atoms. The van der Waals surface area contributed by atoms with Gasteiger partial charge in [0.2, 0.25) is 0 Å². The molecule has 1 N–H and O–H groups in total. The van der Waals surface area contributed by atoms with Gasteiger partial charge >= 0.3 is 0 Å². The van der Waals surface area contributed by atoms with Crippen LogP contribution in [0.5, 0.6) is 0 Å². The molecule has 6 heteroatoms. The van der Waals surface area contributed by atoms with Gasteiger partial charge < -0.3 is 14.6 Å². The molecule has 0 aliphatic carbocycles. The van der Waals surface area contributed by atoms with E-state index in [2.05, 4.69) is 10.5 Å². The van der Waals surface area contributed by atoms with Crippen molar-refractivity contribution in [1.82, 2.24) is 10.5 Å². The van der Waals surface area contributed by atoms with E-state index in [-0.39, 0.29) is 11.6 Å². The van der Waals surface area contributed by atoms with Crippen LogP contribution < -0.4 is 5.32 Å². The number of aldehydes is 1. The SMILES string of the molecule is O=CCCCCNC(=O)c1cc(-c2cccs2)on1. The third-order valence-electron chi connectivity index (χ3n) is 2.54. The van der Waals surface area contributed by atoms with E-state index in [1.165, 1.54) is 11.3 Å². The maximum Gasteiger partial charge on any atom is 0.273 e. The molecule has 100 valence electrons. The monoisotopic (exact) mass is 278 g/mol. The van der Waals surface area contributed by atoms with Crippen molar-refractivity contribution in [1.29, 1.82) is 0 Å². The first kappa shape index (κ1) is 13.5. The summed E-state index contributed by atoms with van der Waals surface area (Å²) < 4.78 is 5.13. The fraction of sp³-hybridized carbons (Fsp3) is 0.308. The lowest BCUT2D eigenvalue weighted by Gasteiger charge is -2.00. The van der Waals surface area contributed by atoms with Crippen LogP contribution in [0.4, 0.5) is 0 Å². The topological polar surface area (TPSA) is 72.2 Å². The van der Waals surface area contributed by atoms with Crippen molar-refractivity contribution in [3.8, 4) is 10.6 Å². The number of nitrogens with zero attached hydrogens (tertiary/aromatic N) is 1. The van der Waals surface area contributed by atoms with E-state index < -0.39 is 0 Å². The Labute approximate surface area is 114 Å². The Morgan fingerprint density at radius 2 is 2.37 bits per heavy atom. The number of aromatic nitrogens is 1. The summed E-state index contributed by atoms with van der Waals surface area (Å²) in [5.41, 5.74) is 0.277. The van der Waals surface area contributed by atoms with Gasteiger partial charge in [0.05, 0.1) is 4.88 Å². The Morgan fingerprint density at radius 3 is 3.11 bits per heavy atom. The lowest BCUT2D eigenvalue weighted by atomic mass is 10.2. The number of unbranched alkanes of at least 4 members (excludes halogenated alkanes) is 2. The number of rotatable bonds is 7. The number of hydrogen-bond acceptors (Lipinski definition) is 5. The van der Waals surface area contributed by atoms with Gasteiger partial charge in [-0.2, -0.15) is 0 Å². The molecule has 5 nitrogen and oxygen atoms in total. The number of nitrogens with one attached hydrogen (secondary N) is 1. The smallest absolute Gasteiger partial charge is 0.273 e. The van der Waals surface area contributed by atoms with Gasteiger partial charge in [-0.05, 0) is 24.3 Å². The summed E-state index contributed by atoms with van der Waals surface area (Å²) >= 11 is 1.53. The summed E-state index contributed by atoms with van der Waals surface area (Å²) in [5.74, 6) is 0.346. The van der Waals surface area contributed by atoms with E-state index in [1.54, 1.807) is 6.07 Å². The quantitative estimate of drug-likeness (QED) is 0.624. The van der Waals surface area contributed by atoms with Gasteiger partial charge in [-0.1, -0.05) is 11.2 Å². The van der Waals surface area contributed by atoms with Gasteiger partial charge in [0.25, 0.3) is 5.91 Å². The fourth-order valence-electron chi connectivity index (χ4n) is 1.56. The third kappa shape index (κ3) is 3.75. The van der Waals surface area contributed by atoms with Crippen LogP contribution in [0.3, 0.4) is 0 Å². The summed E-state index contributed by atoms with van der Waals surface area (Å²) in [5, 5.41) is 8.43. The average Bonchev–Trinajstić information content (AvgIpc) is 3.08. The molecule has 2 aromatic heterocycles. The second-order valence-electron chi connectivity index (χ2n) is 3.97. The van der Waals surface area contributed by atoms with Gasteiger partial charge in [0.1, 0.15) is 6.29 Å². The highest BCUT2D eigenvalue weighted by Crippen LogP contribution is 2.24. The zero-order valence-corrected chi connectivity index (χ0v) is 11.1. The van der Waals surface area contributed by atoms with Crippen LogP contribution in [0.2, 0.25) is 0 Å². The van der Waals surface area contributed by atoms with E-state index in [0.717, 1.165) is 24.0 Å². The summed E-state index contributed by atoms with van der Waals surface area (Å²) in [6, 6.07) is 5.45. The number of amides is 1. The Hall–Kier alpha value is -1.95. The maximum absolute atomic E-state index is 11.8. The minimum absolute atomic E-state index is 0.252. The van der Waals surface area contributed by atoms with E-state index in [0.29, 0.717) is 18.7 Å². The van der Waals surface area contributed by atoms with Gasteiger partial charge in [0, 0.05) is 19.0 Å². The van der Waals surface area contributed by atoms with Crippen molar-refractivity contribution in [3.05, 3.63) is 29.3 Å². The second-order valence-corrected chi connectivity index (χ2v) is 4.92. The van der Waals surface area contributed by atoms with Crippen molar-refractivity contribution >= 4 is 23.5 Å². The number of hydrogen-bond donors (Lipinski definition) is 1. The molecule has 2 heterocycles. The number of carbonyl (C=O) groups is 2. The first-order valence-electron chi connectivity index (χ1n) is 6.03. The molecule has 2 rings (SSSR count). The van der Waals surface area contributed by atoms with E-state index >= 15 is 0 Å². The second kappa shape index (κ2) is 6.84. The summed E-state index contributed by atoms with van der Waals surface area (Å²) in [6.45, 7) is 0.536. The molecule has 0 radical (unpaired) electrons. The van der Waals surface area contributed by atoms with Crippen molar-refractivity contribution in [2.45, 2.75) is 19.3 Å². The van der Waals surface area contributed by atoms with Crippen LogP contribution in [0.15, 0.2) is 28.1 Å². The van der Waals surface area contributed by atoms with Gasteiger partial charge in [-0.25, -0.2) is 0 Å². The molecule has 0 unspecified atom stereocenters. The Bertz CT molecular complexity index is 534. The highest BCUT2D eigenvalue weighted by atomic mass is 32.1.